The highest BCUT2D eigenvalue weighted by molar-refractivity contribution is 7.92. The Hall–Kier alpha value is -3.91. The second-order valence-electron chi connectivity index (χ2n) is 7.46. The average Bonchev–Trinajstić information content (AvgIpc) is 2.86. The third-order valence-corrected chi connectivity index (χ3v) is 6.80. The standard InChI is InChI=1S/C26H26N2O5S/c1-3-17-28(23-14-8-5-9-15-23)34(31,32)24-16-10-13-22(18-24)26(30)33-19-25(29)27-20(2)21-11-6-4-7-12-21/h3-16,18,20H,1,17,19H2,2H3,(H,27,29). The monoisotopic (exact) mass is 478 g/mol. The normalized spacial score (nSPS) is 11.8. The Morgan fingerprint density at radius 2 is 1.65 bits per heavy atom. The first kappa shape index (κ1) is 24.7. The van der Waals surface area contributed by atoms with E-state index in [1.165, 1.54) is 34.6 Å². The van der Waals surface area contributed by atoms with Crippen molar-refractivity contribution in [3.05, 3.63) is 109 Å². The number of hydrogen-bond acceptors (Lipinski definition) is 5. The van der Waals surface area contributed by atoms with Crippen LogP contribution in [0.2, 0.25) is 0 Å². The molecule has 3 rings (SSSR count). The summed E-state index contributed by atoms with van der Waals surface area (Å²) in [7, 11) is -3.98. The minimum Gasteiger partial charge on any atom is -0.452 e. The Morgan fingerprint density at radius 1 is 1.00 bits per heavy atom. The number of carbonyl (C=O) groups is 2. The Balaban J connectivity index is 1.69. The van der Waals surface area contributed by atoms with Crippen molar-refractivity contribution in [2.75, 3.05) is 17.5 Å². The summed E-state index contributed by atoms with van der Waals surface area (Å²) >= 11 is 0. The molecule has 0 aliphatic carbocycles. The van der Waals surface area contributed by atoms with E-state index in [2.05, 4.69) is 11.9 Å². The van der Waals surface area contributed by atoms with Gasteiger partial charge in [-0.05, 0) is 42.8 Å². The van der Waals surface area contributed by atoms with Gasteiger partial charge in [0.25, 0.3) is 15.9 Å². The lowest BCUT2D eigenvalue weighted by atomic mass is 10.1. The van der Waals surface area contributed by atoms with Crippen molar-refractivity contribution in [1.29, 1.82) is 0 Å². The number of amides is 1. The van der Waals surface area contributed by atoms with Gasteiger partial charge in [0.1, 0.15) is 0 Å². The molecule has 34 heavy (non-hydrogen) atoms. The molecule has 0 bridgehead atoms. The Kier molecular flexibility index (Phi) is 8.21. The lowest BCUT2D eigenvalue weighted by Crippen LogP contribution is -2.32. The van der Waals surface area contributed by atoms with Crippen molar-refractivity contribution in [3.63, 3.8) is 0 Å². The molecule has 0 saturated heterocycles. The van der Waals surface area contributed by atoms with E-state index >= 15 is 0 Å². The van der Waals surface area contributed by atoms with E-state index in [0.717, 1.165) is 5.56 Å². The number of para-hydroxylation sites is 1. The number of esters is 1. The Labute approximate surface area is 199 Å². The smallest absolute Gasteiger partial charge is 0.338 e. The molecule has 7 nitrogen and oxygen atoms in total. The van der Waals surface area contributed by atoms with Crippen molar-refractivity contribution in [1.82, 2.24) is 5.32 Å². The fourth-order valence-electron chi connectivity index (χ4n) is 3.29. The first-order valence-corrected chi connectivity index (χ1v) is 12.1. The van der Waals surface area contributed by atoms with Crippen molar-refractivity contribution in [2.45, 2.75) is 17.9 Å². The predicted octanol–water partition coefficient (Wildman–Crippen LogP) is 4.10. The van der Waals surface area contributed by atoms with Crippen LogP contribution in [-0.4, -0.2) is 33.4 Å². The number of ether oxygens (including phenoxy) is 1. The number of carbonyl (C=O) groups excluding carboxylic acids is 2. The summed E-state index contributed by atoms with van der Waals surface area (Å²) in [6.07, 6.45) is 1.48. The van der Waals surface area contributed by atoms with Gasteiger partial charge >= 0.3 is 5.97 Å². The van der Waals surface area contributed by atoms with Crippen LogP contribution in [0, 0.1) is 0 Å². The molecular weight excluding hydrogens is 452 g/mol. The molecule has 1 unspecified atom stereocenters. The zero-order chi connectivity index (χ0) is 24.6. The molecule has 3 aromatic carbocycles. The molecule has 176 valence electrons. The summed E-state index contributed by atoms with van der Waals surface area (Å²) < 4.78 is 32.9. The average molecular weight is 479 g/mol. The lowest BCUT2D eigenvalue weighted by molar-refractivity contribution is -0.124. The molecule has 1 atom stereocenters. The summed E-state index contributed by atoms with van der Waals surface area (Å²) in [6, 6.07) is 23.3. The van der Waals surface area contributed by atoms with E-state index in [1.54, 1.807) is 30.3 Å². The second kappa shape index (κ2) is 11.3. The summed E-state index contributed by atoms with van der Waals surface area (Å²) in [4.78, 5) is 24.7. The van der Waals surface area contributed by atoms with Gasteiger partial charge < -0.3 is 10.1 Å². The van der Waals surface area contributed by atoms with E-state index in [1.807, 2.05) is 37.3 Å². The highest BCUT2D eigenvalue weighted by Gasteiger charge is 2.25. The van der Waals surface area contributed by atoms with Crippen molar-refractivity contribution in [3.8, 4) is 0 Å². The molecule has 0 saturated carbocycles. The van der Waals surface area contributed by atoms with Crippen LogP contribution in [0.1, 0.15) is 28.9 Å². The number of benzene rings is 3. The molecule has 8 heteroatoms. The van der Waals surface area contributed by atoms with E-state index in [9.17, 15) is 18.0 Å². The van der Waals surface area contributed by atoms with E-state index in [0.29, 0.717) is 5.69 Å². The van der Waals surface area contributed by atoms with Crippen LogP contribution >= 0.6 is 0 Å². The number of anilines is 1. The van der Waals surface area contributed by atoms with Crippen LogP contribution in [0.5, 0.6) is 0 Å². The van der Waals surface area contributed by atoms with Gasteiger partial charge in [0.2, 0.25) is 0 Å². The van der Waals surface area contributed by atoms with Crippen molar-refractivity contribution >= 4 is 27.6 Å². The SMILES string of the molecule is C=CCN(c1ccccc1)S(=O)(=O)c1cccc(C(=O)OCC(=O)NC(C)c2ccccc2)c1. The second-order valence-corrected chi connectivity index (χ2v) is 9.33. The molecule has 0 radical (unpaired) electrons. The summed E-state index contributed by atoms with van der Waals surface area (Å²) in [6.45, 7) is 5.04. The summed E-state index contributed by atoms with van der Waals surface area (Å²) in [5.41, 5.74) is 1.42. The van der Waals surface area contributed by atoms with Crippen molar-refractivity contribution < 1.29 is 22.7 Å². The van der Waals surface area contributed by atoms with Crippen molar-refractivity contribution in [2.24, 2.45) is 0 Å². The van der Waals surface area contributed by atoms with Crippen LogP contribution < -0.4 is 9.62 Å². The van der Waals surface area contributed by atoms with Gasteiger partial charge in [0, 0.05) is 0 Å². The van der Waals surface area contributed by atoms with E-state index in [4.69, 9.17) is 4.74 Å². The quantitative estimate of drug-likeness (QED) is 0.350. The number of rotatable bonds is 10. The summed E-state index contributed by atoms with van der Waals surface area (Å²) in [5, 5.41) is 2.76. The van der Waals surface area contributed by atoms with Crippen LogP contribution in [-0.2, 0) is 19.6 Å². The maximum absolute atomic E-state index is 13.3. The van der Waals surface area contributed by atoms with Gasteiger partial charge in [-0.15, -0.1) is 6.58 Å². The first-order chi connectivity index (χ1) is 16.3. The number of nitrogens with one attached hydrogen (secondary N) is 1. The van der Waals surface area contributed by atoms with Crippen LogP contribution in [0.25, 0.3) is 0 Å². The number of hydrogen-bond donors (Lipinski definition) is 1. The molecule has 0 aliphatic rings. The van der Waals surface area contributed by atoms with Crippen LogP contribution in [0.15, 0.2) is 102 Å². The van der Waals surface area contributed by atoms with E-state index in [-0.39, 0.29) is 23.0 Å². The Morgan fingerprint density at radius 3 is 2.29 bits per heavy atom. The van der Waals surface area contributed by atoms with Gasteiger partial charge in [-0.25, -0.2) is 13.2 Å². The van der Waals surface area contributed by atoms with Crippen LogP contribution in [0.4, 0.5) is 5.69 Å². The lowest BCUT2D eigenvalue weighted by Gasteiger charge is -2.23. The molecule has 0 spiro atoms. The highest BCUT2D eigenvalue weighted by Crippen LogP contribution is 2.24. The summed E-state index contributed by atoms with van der Waals surface area (Å²) in [5.74, 6) is -1.26. The fourth-order valence-corrected chi connectivity index (χ4v) is 4.77. The maximum atomic E-state index is 13.3. The zero-order valence-electron chi connectivity index (χ0n) is 18.8. The molecule has 1 N–H and O–H groups in total. The molecule has 0 fully saturated rings. The topological polar surface area (TPSA) is 92.8 Å². The first-order valence-electron chi connectivity index (χ1n) is 10.6. The van der Waals surface area contributed by atoms with Crippen LogP contribution in [0.3, 0.4) is 0 Å². The van der Waals surface area contributed by atoms with Gasteiger partial charge in [-0.2, -0.15) is 0 Å². The van der Waals surface area contributed by atoms with Gasteiger partial charge in [-0.3, -0.25) is 9.10 Å². The molecule has 0 aliphatic heterocycles. The largest absolute Gasteiger partial charge is 0.452 e. The maximum Gasteiger partial charge on any atom is 0.338 e. The molecule has 0 aromatic heterocycles. The van der Waals surface area contributed by atoms with Gasteiger partial charge in [0.05, 0.1) is 28.7 Å². The Bertz CT molecular complexity index is 1240. The number of sulfonamides is 1. The van der Waals surface area contributed by atoms with E-state index < -0.39 is 28.5 Å². The third-order valence-electron chi connectivity index (χ3n) is 5.01. The predicted molar refractivity (Wildman–Crippen MR) is 131 cm³/mol. The molecule has 1 amide bonds. The third kappa shape index (κ3) is 6.11. The van der Waals surface area contributed by atoms with Gasteiger partial charge in [0.15, 0.2) is 6.61 Å². The highest BCUT2D eigenvalue weighted by atomic mass is 32.2. The molecular formula is C26H26N2O5S. The molecule has 0 heterocycles. The fraction of sp³-hybridized carbons (Fsp3) is 0.154. The minimum absolute atomic E-state index is 0.0246. The number of nitrogens with zero attached hydrogens (tertiary/aromatic N) is 1. The minimum atomic E-state index is -3.98. The zero-order valence-corrected chi connectivity index (χ0v) is 19.6. The molecule has 3 aromatic rings. The van der Waals surface area contributed by atoms with Gasteiger partial charge in [-0.1, -0.05) is 60.7 Å².